The van der Waals surface area contributed by atoms with Gasteiger partial charge in [-0.05, 0) is 74.3 Å². The molecule has 134 valence electrons. The summed E-state index contributed by atoms with van der Waals surface area (Å²) in [6.07, 6.45) is 2.44. The second-order valence-corrected chi connectivity index (χ2v) is 6.93. The van der Waals surface area contributed by atoms with Crippen LogP contribution in [-0.4, -0.2) is 19.6 Å². The predicted molar refractivity (Wildman–Crippen MR) is 99.5 cm³/mol. The van der Waals surface area contributed by atoms with Gasteiger partial charge < -0.3 is 15.4 Å². The van der Waals surface area contributed by atoms with Crippen LogP contribution in [0, 0.1) is 11.7 Å². The summed E-state index contributed by atoms with van der Waals surface area (Å²) in [6.45, 7) is 4.35. The summed E-state index contributed by atoms with van der Waals surface area (Å²) in [5, 5.41) is 7.62. The summed E-state index contributed by atoms with van der Waals surface area (Å²) in [7, 11) is 0. The fourth-order valence-electron chi connectivity index (χ4n) is 3.07. The Balaban J connectivity index is 1.56. The van der Waals surface area contributed by atoms with Crippen molar-refractivity contribution in [2.24, 2.45) is 5.92 Å². The fourth-order valence-corrected chi connectivity index (χ4v) is 3.26. The highest BCUT2D eigenvalue weighted by Gasteiger charge is 2.13. The van der Waals surface area contributed by atoms with Gasteiger partial charge in [-0.2, -0.15) is 0 Å². The molecule has 25 heavy (non-hydrogen) atoms. The van der Waals surface area contributed by atoms with Crippen LogP contribution in [0.3, 0.4) is 0 Å². The molecule has 0 radical (unpaired) electrons. The lowest BCUT2D eigenvalue weighted by molar-refractivity contribution is 0.300. The number of hydrogen-bond acceptors (Lipinski definition) is 3. The van der Waals surface area contributed by atoms with E-state index in [1.165, 1.54) is 25.0 Å². The molecule has 1 saturated heterocycles. The molecule has 3 rings (SSSR count). The zero-order valence-corrected chi connectivity index (χ0v) is 15.0. The molecule has 0 amide bonds. The first-order chi connectivity index (χ1) is 12.2. The first kappa shape index (κ1) is 18.2. The standard InChI is InChI=1S/C20H24ClFN2O/c21-18-3-6-20(25-14-16-1-4-19(22)5-2-16)17(11-18)13-24-12-15-7-9-23-10-8-15/h1-6,11,15,23-24H,7-10,12-14H2. The Kier molecular flexibility index (Phi) is 6.68. The zero-order valence-electron chi connectivity index (χ0n) is 14.2. The lowest BCUT2D eigenvalue weighted by atomic mass is 9.98. The molecule has 1 heterocycles. The summed E-state index contributed by atoms with van der Waals surface area (Å²) >= 11 is 6.15. The van der Waals surface area contributed by atoms with Crippen LogP contribution < -0.4 is 15.4 Å². The van der Waals surface area contributed by atoms with Crippen LogP contribution in [0.5, 0.6) is 5.75 Å². The van der Waals surface area contributed by atoms with E-state index in [-0.39, 0.29) is 5.82 Å². The molecule has 5 heteroatoms. The maximum atomic E-state index is 13.0. The SMILES string of the molecule is Fc1ccc(COc2ccc(Cl)cc2CNCC2CCNCC2)cc1. The lowest BCUT2D eigenvalue weighted by Crippen LogP contribution is -2.33. The fraction of sp³-hybridized carbons (Fsp3) is 0.400. The highest BCUT2D eigenvalue weighted by molar-refractivity contribution is 6.30. The number of nitrogens with one attached hydrogen (secondary N) is 2. The topological polar surface area (TPSA) is 33.3 Å². The van der Waals surface area contributed by atoms with Crippen molar-refractivity contribution in [3.8, 4) is 5.75 Å². The third-order valence-corrected chi connectivity index (χ3v) is 4.77. The summed E-state index contributed by atoms with van der Waals surface area (Å²) in [5.41, 5.74) is 1.98. The van der Waals surface area contributed by atoms with Gasteiger partial charge in [-0.15, -0.1) is 0 Å². The summed E-state index contributed by atoms with van der Waals surface area (Å²) in [5.74, 6) is 1.30. The molecule has 1 aliphatic heterocycles. The number of rotatable bonds is 7. The molecule has 0 saturated carbocycles. The van der Waals surface area contributed by atoms with E-state index in [9.17, 15) is 4.39 Å². The zero-order chi connectivity index (χ0) is 17.5. The molecule has 0 aromatic heterocycles. The quantitative estimate of drug-likeness (QED) is 0.776. The monoisotopic (exact) mass is 362 g/mol. The van der Waals surface area contributed by atoms with Gasteiger partial charge in [0.2, 0.25) is 0 Å². The summed E-state index contributed by atoms with van der Waals surface area (Å²) < 4.78 is 18.9. The van der Waals surface area contributed by atoms with E-state index in [1.807, 2.05) is 18.2 Å². The number of hydrogen-bond donors (Lipinski definition) is 2. The maximum absolute atomic E-state index is 13.0. The molecule has 3 nitrogen and oxygen atoms in total. The minimum Gasteiger partial charge on any atom is -0.489 e. The van der Waals surface area contributed by atoms with E-state index in [4.69, 9.17) is 16.3 Å². The highest BCUT2D eigenvalue weighted by Crippen LogP contribution is 2.24. The first-order valence-electron chi connectivity index (χ1n) is 8.78. The lowest BCUT2D eigenvalue weighted by Gasteiger charge is -2.23. The van der Waals surface area contributed by atoms with Crippen molar-refractivity contribution in [1.29, 1.82) is 0 Å². The van der Waals surface area contributed by atoms with Gasteiger partial charge in [-0.1, -0.05) is 23.7 Å². The van der Waals surface area contributed by atoms with Crippen molar-refractivity contribution in [3.05, 3.63) is 64.4 Å². The predicted octanol–water partition coefficient (Wildman–Crippen LogP) is 4.15. The Morgan fingerprint density at radius 3 is 2.64 bits per heavy atom. The van der Waals surface area contributed by atoms with Crippen LogP contribution in [0.4, 0.5) is 4.39 Å². The van der Waals surface area contributed by atoms with Crippen LogP contribution in [0.2, 0.25) is 5.02 Å². The van der Waals surface area contributed by atoms with E-state index in [0.29, 0.717) is 11.6 Å². The maximum Gasteiger partial charge on any atom is 0.124 e. The van der Waals surface area contributed by atoms with E-state index in [2.05, 4.69) is 10.6 Å². The molecular weight excluding hydrogens is 339 g/mol. The van der Waals surface area contributed by atoms with E-state index < -0.39 is 0 Å². The molecule has 2 aromatic rings. The van der Waals surface area contributed by atoms with Crippen molar-refractivity contribution in [2.75, 3.05) is 19.6 Å². The van der Waals surface area contributed by atoms with Crippen LogP contribution in [0.15, 0.2) is 42.5 Å². The van der Waals surface area contributed by atoms with E-state index in [1.54, 1.807) is 12.1 Å². The molecule has 0 aliphatic carbocycles. The minimum atomic E-state index is -0.238. The van der Waals surface area contributed by atoms with Crippen LogP contribution in [-0.2, 0) is 13.2 Å². The Morgan fingerprint density at radius 2 is 1.88 bits per heavy atom. The molecule has 0 unspecified atom stereocenters. The second kappa shape index (κ2) is 9.18. The van der Waals surface area contributed by atoms with Crippen molar-refractivity contribution >= 4 is 11.6 Å². The summed E-state index contributed by atoms with van der Waals surface area (Å²) in [4.78, 5) is 0. The van der Waals surface area contributed by atoms with Gasteiger partial charge in [-0.3, -0.25) is 0 Å². The van der Waals surface area contributed by atoms with Crippen LogP contribution in [0.25, 0.3) is 0 Å². The Hall–Kier alpha value is -1.62. The van der Waals surface area contributed by atoms with E-state index >= 15 is 0 Å². The second-order valence-electron chi connectivity index (χ2n) is 6.49. The molecule has 0 spiro atoms. The third-order valence-electron chi connectivity index (χ3n) is 4.54. The van der Waals surface area contributed by atoms with Crippen molar-refractivity contribution < 1.29 is 9.13 Å². The van der Waals surface area contributed by atoms with Gasteiger partial charge in [0.05, 0.1) is 0 Å². The smallest absolute Gasteiger partial charge is 0.124 e. The van der Waals surface area contributed by atoms with Gasteiger partial charge in [0.1, 0.15) is 18.2 Å². The Labute approximate surface area is 153 Å². The molecule has 2 aromatic carbocycles. The number of benzene rings is 2. The van der Waals surface area contributed by atoms with Crippen LogP contribution in [0.1, 0.15) is 24.0 Å². The van der Waals surface area contributed by atoms with Gasteiger partial charge in [0, 0.05) is 17.1 Å². The third kappa shape index (κ3) is 5.70. The number of piperidine rings is 1. The van der Waals surface area contributed by atoms with Crippen molar-refractivity contribution in [2.45, 2.75) is 26.0 Å². The molecule has 0 bridgehead atoms. The molecular formula is C20H24ClFN2O. The Morgan fingerprint density at radius 1 is 1.12 bits per heavy atom. The van der Waals surface area contributed by atoms with Crippen LogP contribution >= 0.6 is 11.6 Å². The highest BCUT2D eigenvalue weighted by atomic mass is 35.5. The van der Waals surface area contributed by atoms with Crippen molar-refractivity contribution in [1.82, 2.24) is 10.6 Å². The average molecular weight is 363 g/mol. The molecule has 0 atom stereocenters. The molecule has 1 aliphatic rings. The Bertz CT molecular complexity index is 672. The van der Waals surface area contributed by atoms with Gasteiger partial charge in [0.25, 0.3) is 0 Å². The van der Waals surface area contributed by atoms with E-state index in [0.717, 1.165) is 49.0 Å². The van der Waals surface area contributed by atoms with Gasteiger partial charge in [0.15, 0.2) is 0 Å². The molecule has 1 fully saturated rings. The van der Waals surface area contributed by atoms with Gasteiger partial charge >= 0.3 is 0 Å². The largest absolute Gasteiger partial charge is 0.489 e. The number of halogens is 2. The first-order valence-corrected chi connectivity index (χ1v) is 9.15. The number of ether oxygens (including phenoxy) is 1. The molecule has 2 N–H and O–H groups in total. The van der Waals surface area contributed by atoms with Gasteiger partial charge in [-0.25, -0.2) is 4.39 Å². The van der Waals surface area contributed by atoms with Crippen molar-refractivity contribution in [3.63, 3.8) is 0 Å². The normalized spacial score (nSPS) is 15.3. The minimum absolute atomic E-state index is 0.238. The summed E-state index contributed by atoms with van der Waals surface area (Å²) in [6, 6.07) is 12.0. The average Bonchev–Trinajstić information content (AvgIpc) is 2.63.